The molecule has 1 aliphatic heterocycles. The number of para-hydroxylation sites is 1. The first-order chi connectivity index (χ1) is 13.6. The summed E-state index contributed by atoms with van der Waals surface area (Å²) in [5.74, 6) is 0.193. The van der Waals surface area contributed by atoms with Crippen molar-refractivity contribution >= 4 is 11.5 Å². The quantitative estimate of drug-likeness (QED) is 0.834. The summed E-state index contributed by atoms with van der Waals surface area (Å²) in [7, 11) is 0. The van der Waals surface area contributed by atoms with Crippen LogP contribution in [0.5, 0.6) is 11.5 Å². The number of carboxylic acid groups (broad SMARTS) is 1. The maximum absolute atomic E-state index is 11.2. The van der Waals surface area contributed by atoms with Crippen LogP contribution in [0.4, 0.5) is 0 Å². The highest BCUT2D eigenvalue weighted by molar-refractivity contribution is 5.72. The molecule has 5 heteroatoms. The molecule has 5 nitrogen and oxygen atoms in total. The van der Waals surface area contributed by atoms with Crippen molar-refractivity contribution in [3.05, 3.63) is 77.9 Å². The van der Waals surface area contributed by atoms with Crippen LogP contribution < -0.4 is 15.2 Å². The molecule has 2 atom stereocenters. The molecule has 1 unspecified atom stereocenters. The second kappa shape index (κ2) is 7.52. The van der Waals surface area contributed by atoms with Crippen molar-refractivity contribution in [3.8, 4) is 11.5 Å². The average Bonchev–Trinajstić information content (AvgIpc) is 2.74. The summed E-state index contributed by atoms with van der Waals surface area (Å²) >= 11 is 0. The van der Waals surface area contributed by atoms with Gasteiger partial charge in [-0.15, -0.1) is 0 Å². The van der Waals surface area contributed by atoms with Gasteiger partial charge in [-0.2, -0.15) is 0 Å². The van der Waals surface area contributed by atoms with Gasteiger partial charge in [-0.1, -0.05) is 60.7 Å². The van der Waals surface area contributed by atoms with E-state index in [1.807, 2.05) is 24.3 Å². The number of hydrogen-bond acceptors (Lipinski definition) is 4. The fraction of sp³-hybridized carbons (Fsp3) is 0.261. The zero-order chi connectivity index (χ0) is 19.6. The second-order valence-corrected chi connectivity index (χ2v) is 7.26. The van der Waals surface area contributed by atoms with Gasteiger partial charge in [0.15, 0.2) is 11.5 Å². The second-order valence-electron chi connectivity index (χ2n) is 7.26. The van der Waals surface area contributed by atoms with Gasteiger partial charge in [0.2, 0.25) is 0 Å². The zero-order valence-electron chi connectivity index (χ0n) is 15.5. The number of fused-ring (bicyclic) bond motifs is 1. The molecule has 0 spiro atoms. The number of allylic oxidation sites excluding steroid dienone is 3. The number of ether oxygens (including phenoxy) is 2. The summed E-state index contributed by atoms with van der Waals surface area (Å²) in [6, 6.07) is 15.6. The minimum absolute atomic E-state index is 0.111. The molecule has 0 saturated carbocycles. The Morgan fingerprint density at radius 2 is 2.00 bits per heavy atom. The van der Waals surface area contributed by atoms with Gasteiger partial charge in [-0.25, -0.2) is 0 Å². The van der Waals surface area contributed by atoms with Crippen LogP contribution in [0.25, 0.3) is 5.57 Å². The number of carbonyl (C=O) groups is 1. The van der Waals surface area contributed by atoms with Crippen LogP contribution in [0.3, 0.4) is 0 Å². The number of benzene rings is 2. The van der Waals surface area contributed by atoms with E-state index in [1.165, 1.54) is 5.57 Å². The summed E-state index contributed by atoms with van der Waals surface area (Å²) in [4.78, 5) is 11.2. The smallest absolute Gasteiger partial charge is 0.307 e. The van der Waals surface area contributed by atoms with Crippen molar-refractivity contribution in [3.63, 3.8) is 0 Å². The first kappa shape index (κ1) is 18.3. The molecule has 0 radical (unpaired) electrons. The summed E-state index contributed by atoms with van der Waals surface area (Å²) in [5.41, 5.74) is 8.79. The number of hydrogen-bond donors (Lipinski definition) is 2. The van der Waals surface area contributed by atoms with Crippen LogP contribution in [0.2, 0.25) is 0 Å². The van der Waals surface area contributed by atoms with Crippen molar-refractivity contribution in [2.45, 2.75) is 18.9 Å². The van der Waals surface area contributed by atoms with E-state index in [4.69, 9.17) is 15.2 Å². The van der Waals surface area contributed by atoms with Crippen molar-refractivity contribution in [1.82, 2.24) is 0 Å². The number of nitrogens with two attached hydrogens (primary N) is 1. The molecular weight excluding hydrogens is 354 g/mol. The molecule has 1 aliphatic carbocycles. The van der Waals surface area contributed by atoms with Crippen molar-refractivity contribution in [2.75, 3.05) is 13.2 Å². The van der Waals surface area contributed by atoms with Gasteiger partial charge in [0.25, 0.3) is 0 Å². The maximum Gasteiger partial charge on any atom is 0.307 e. The minimum atomic E-state index is -0.903. The molecule has 1 heterocycles. The molecule has 0 bridgehead atoms. The molecule has 28 heavy (non-hydrogen) atoms. The third kappa shape index (κ3) is 3.41. The fourth-order valence-electron chi connectivity index (χ4n) is 3.91. The lowest BCUT2D eigenvalue weighted by Gasteiger charge is -2.42. The van der Waals surface area contributed by atoms with Gasteiger partial charge in [0.1, 0.15) is 12.7 Å². The van der Waals surface area contributed by atoms with Crippen LogP contribution in [0.1, 0.15) is 17.5 Å². The van der Waals surface area contributed by atoms with Crippen molar-refractivity contribution in [2.24, 2.45) is 11.1 Å². The number of rotatable bonds is 5. The Morgan fingerprint density at radius 3 is 2.75 bits per heavy atom. The molecule has 2 aromatic rings. The van der Waals surface area contributed by atoms with E-state index >= 15 is 0 Å². The van der Waals surface area contributed by atoms with Gasteiger partial charge < -0.3 is 20.3 Å². The topological polar surface area (TPSA) is 81.8 Å². The molecule has 0 amide bonds. The first-order valence-corrected chi connectivity index (χ1v) is 9.38. The first-order valence-electron chi connectivity index (χ1n) is 9.38. The Morgan fingerprint density at radius 1 is 1.18 bits per heavy atom. The summed E-state index contributed by atoms with van der Waals surface area (Å²) in [5, 5.41) is 9.21. The third-order valence-corrected chi connectivity index (χ3v) is 5.46. The molecule has 2 aliphatic rings. The molecule has 4 rings (SSSR count). The van der Waals surface area contributed by atoms with Gasteiger partial charge in [-0.05, 0) is 23.6 Å². The Hall–Kier alpha value is -3.05. The van der Waals surface area contributed by atoms with Gasteiger partial charge in [0.05, 0.1) is 6.42 Å². The predicted molar refractivity (Wildman–Crippen MR) is 107 cm³/mol. The third-order valence-electron chi connectivity index (χ3n) is 5.46. The number of aliphatic carboxylic acids is 1. The molecule has 144 valence electrons. The molecular formula is C23H23NO4. The summed E-state index contributed by atoms with van der Waals surface area (Å²) in [6.45, 7) is 0.769. The number of carboxylic acids is 1. The normalized spacial score (nSPS) is 23.2. The minimum Gasteiger partial charge on any atom is -0.486 e. The Labute approximate surface area is 164 Å². The van der Waals surface area contributed by atoms with E-state index in [0.29, 0.717) is 30.2 Å². The van der Waals surface area contributed by atoms with Gasteiger partial charge >= 0.3 is 5.97 Å². The van der Waals surface area contributed by atoms with Gasteiger partial charge in [0, 0.05) is 17.5 Å². The lowest BCUT2D eigenvalue weighted by molar-refractivity contribution is -0.136. The summed E-state index contributed by atoms with van der Waals surface area (Å²) < 4.78 is 12.3. The van der Waals surface area contributed by atoms with Crippen LogP contribution in [-0.4, -0.2) is 30.3 Å². The lowest BCUT2D eigenvalue weighted by atomic mass is 9.72. The molecule has 0 saturated heterocycles. The lowest BCUT2D eigenvalue weighted by Crippen LogP contribution is -2.49. The molecule has 0 aromatic heterocycles. The van der Waals surface area contributed by atoms with Crippen LogP contribution in [0.15, 0.2) is 66.8 Å². The monoisotopic (exact) mass is 377 g/mol. The molecule has 2 aromatic carbocycles. The van der Waals surface area contributed by atoms with E-state index < -0.39 is 11.4 Å². The van der Waals surface area contributed by atoms with E-state index in [9.17, 15) is 9.90 Å². The standard InChI is InChI=1S/C23H23NO4/c24-15-23(11-5-9-18(13-23)16-6-2-1-3-7-16)20-14-27-19-10-4-8-17(12-21(25)26)22(19)28-20/h1-11,20H,12-15,24H2,(H,25,26)/t20-,23?/m1/s1. The highest BCUT2D eigenvalue weighted by Crippen LogP contribution is 2.44. The van der Waals surface area contributed by atoms with Crippen LogP contribution in [-0.2, 0) is 11.2 Å². The maximum atomic E-state index is 11.2. The van der Waals surface area contributed by atoms with E-state index in [2.05, 4.69) is 24.3 Å². The Balaban J connectivity index is 1.63. The molecule has 3 N–H and O–H groups in total. The fourth-order valence-corrected chi connectivity index (χ4v) is 3.91. The van der Waals surface area contributed by atoms with Crippen molar-refractivity contribution < 1.29 is 19.4 Å². The average molecular weight is 377 g/mol. The van der Waals surface area contributed by atoms with Gasteiger partial charge in [-0.3, -0.25) is 4.79 Å². The van der Waals surface area contributed by atoms with Crippen LogP contribution in [0, 0.1) is 5.41 Å². The highest BCUT2D eigenvalue weighted by Gasteiger charge is 2.42. The van der Waals surface area contributed by atoms with Crippen molar-refractivity contribution in [1.29, 1.82) is 0 Å². The summed E-state index contributed by atoms with van der Waals surface area (Å²) in [6.07, 6.45) is 6.55. The van der Waals surface area contributed by atoms with E-state index in [0.717, 1.165) is 12.0 Å². The molecule has 0 fully saturated rings. The Bertz CT molecular complexity index is 935. The SMILES string of the molecule is NCC1([C@H]2COc3cccc(CC(=O)O)c3O2)C=CC=C(c2ccccc2)C1. The van der Waals surface area contributed by atoms with E-state index in [1.54, 1.807) is 18.2 Å². The van der Waals surface area contributed by atoms with E-state index in [-0.39, 0.29) is 12.5 Å². The zero-order valence-corrected chi connectivity index (χ0v) is 15.5. The van der Waals surface area contributed by atoms with Crippen LogP contribution >= 0.6 is 0 Å². The predicted octanol–water partition coefficient (Wildman–Crippen LogP) is 3.44. The largest absolute Gasteiger partial charge is 0.486 e. The Kier molecular flexibility index (Phi) is 4.92. The highest BCUT2D eigenvalue weighted by atomic mass is 16.6.